The summed E-state index contributed by atoms with van der Waals surface area (Å²) in [6.07, 6.45) is 1.30. The third-order valence-corrected chi connectivity index (χ3v) is 2.99. The number of ether oxygens (including phenoxy) is 2. The van der Waals surface area contributed by atoms with Crippen LogP contribution in [0, 0.1) is 17.8 Å². The monoisotopic (exact) mass is 342 g/mol. The van der Waals surface area contributed by atoms with Gasteiger partial charge in [0.1, 0.15) is 11.7 Å². The summed E-state index contributed by atoms with van der Waals surface area (Å²) in [6.45, 7) is 17.4. The molecule has 0 bridgehead atoms. The average molecular weight is 342 g/mol. The molecule has 0 amide bonds. The van der Waals surface area contributed by atoms with E-state index in [-0.39, 0.29) is 17.7 Å². The number of carbonyl (C=O) groups excluding carboxylic acids is 3. The lowest BCUT2D eigenvalue weighted by atomic mass is 9.94. The summed E-state index contributed by atoms with van der Waals surface area (Å²) >= 11 is 0. The van der Waals surface area contributed by atoms with Crippen molar-refractivity contribution in [3.05, 3.63) is 12.2 Å². The predicted molar refractivity (Wildman–Crippen MR) is 95.5 cm³/mol. The zero-order chi connectivity index (χ0) is 19.3. The van der Waals surface area contributed by atoms with E-state index in [9.17, 15) is 14.4 Å². The molecule has 0 aliphatic heterocycles. The van der Waals surface area contributed by atoms with Gasteiger partial charge in [-0.2, -0.15) is 0 Å². The molecule has 0 rings (SSSR count). The zero-order valence-electron chi connectivity index (χ0n) is 16.3. The Morgan fingerprint density at radius 2 is 1.42 bits per heavy atom. The highest BCUT2D eigenvalue weighted by Crippen LogP contribution is 2.14. The van der Waals surface area contributed by atoms with Crippen LogP contribution in [0.3, 0.4) is 0 Å². The lowest BCUT2D eigenvalue weighted by Crippen LogP contribution is -2.25. The van der Waals surface area contributed by atoms with Gasteiger partial charge in [0.15, 0.2) is 0 Å². The van der Waals surface area contributed by atoms with Crippen LogP contribution >= 0.6 is 0 Å². The van der Waals surface area contributed by atoms with Gasteiger partial charge in [0.05, 0.1) is 13.2 Å². The summed E-state index contributed by atoms with van der Waals surface area (Å²) in [7, 11) is 0. The van der Waals surface area contributed by atoms with Crippen molar-refractivity contribution < 1.29 is 23.9 Å². The normalized spacial score (nSPS) is 11.4. The molecule has 0 aromatic heterocycles. The lowest BCUT2D eigenvalue weighted by Gasteiger charge is -2.14. The summed E-state index contributed by atoms with van der Waals surface area (Å²) in [5.74, 6) is -0.526. The van der Waals surface area contributed by atoms with Gasteiger partial charge in [0.2, 0.25) is 0 Å². The number of hydrogen-bond acceptors (Lipinski definition) is 5. The third kappa shape index (κ3) is 12.9. The summed E-state index contributed by atoms with van der Waals surface area (Å²) in [4.78, 5) is 33.3. The fourth-order valence-corrected chi connectivity index (χ4v) is 1.95. The number of ketones is 1. The molecule has 0 aliphatic rings. The zero-order valence-corrected chi connectivity index (χ0v) is 16.3. The van der Waals surface area contributed by atoms with E-state index in [0.717, 1.165) is 6.42 Å². The van der Waals surface area contributed by atoms with Crippen molar-refractivity contribution in [1.29, 1.82) is 0 Å². The maximum absolute atomic E-state index is 11.3. The van der Waals surface area contributed by atoms with Gasteiger partial charge in [0, 0.05) is 5.57 Å². The van der Waals surface area contributed by atoms with E-state index >= 15 is 0 Å². The fourth-order valence-electron chi connectivity index (χ4n) is 1.95. The number of rotatable bonds is 9. The van der Waals surface area contributed by atoms with Crippen LogP contribution in [0.25, 0.3) is 0 Å². The molecule has 1 unspecified atom stereocenters. The maximum Gasteiger partial charge on any atom is 0.333 e. The Morgan fingerprint density at radius 3 is 1.75 bits per heavy atom. The van der Waals surface area contributed by atoms with Gasteiger partial charge in [-0.05, 0) is 45.4 Å². The molecule has 0 spiro atoms. The largest absolute Gasteiger partial charge is 0.465 e. The maximum atomic E-state index is 11.3. The van der Waals surface area contributed by atoms with Gasteiger partial charge in [-0.3, -0.25) is 9.59 Å². The predicted octanol–water partition coefficient (Wildman–Crippen LogP) is 3.95. The Bertz CT molecular complexity index is 410. The van der Waals surface area contributed by atoms with Gasteiger partial charge in [0.25, 0.3) is 0 Å². The summed E-state index contributed by atoms with van der Waals surface area (Å²) in [6, 6.07) is 0. The smallest absolute Gasteiger partial charge is 0.333 e. The first-order valence-electron chi connectivity index (χ1n) is 8.58. The van der Waals surface area contributed by atoms with E-state index in [2.05, 4.69) is 6.58 Å². The van der Waals surface area contributed by atoms with E-state index in [1.165, 1.54) is 6.92 Å². The van der Waals surface area contributed by atoms with Crippen molar-refractivity contribution in [3.8, 4) is 0 Å². The molecule has 5 heteroatoms. The Kier molecular flexibility index (Phi) is 14.1. The molecule has 1 atom stereocenters. The minimum Gasteiger partial charge on any atom is -0.465 e. The molecular weight excluding hydrogens is 308 g/mol. The van der Waals surface area contributed by atoms with Crippen molar-refractivity contribution in [2.75, 3.05) is 13.2 Å². The first-order chi connectivity index (χ1) is 11.1. The second kappa shape index (κ2) is 13.8. The van der Waals surface area contributed by atoms with Gasteiger partial charge >= 0.3 is 11.9 Å². The van der Waals surface area contributed by atoms with Crippen LogP contribution in [-0.4, -0.2) is 30.9 Å². The van der Waals surface area contributed by atoms with Crippen molar-refractivity contribution in [2.24, 2.45) is 17.8 Å². The SMILES string of the molecule is C=C(CC(C)C)C(=O)OCC.CCOC(=O)C(CC(C)C)C(C)=O. The summed E-state index contributed by atoms with van der Waals surface area (Å²) < 4.78 is 9.57. The minimum absolute atomic E-state index is 0.104. The second-order valence-corrected chi connectivity index (χ2v) is 6.47. The number of Topliss-reactive ketones (excluding diaryl/α,β-unsaturated/α-hetero) is 1. The fraction of sp³-hybridized carbons (Fsp3) is 0.737. The molecule has 0 fully saturated rings. The van der Waals surface area contributed by atoms with E-state index < -0.39 is 5.92 Å². The topological polar surface area (TPSA) is 69.7 Å². The Hall–Kier alpha value is -1.65. The standard InChI is InChI=1S/C10H18O3.C9H16O2/c1-5-13-10(12)9(8(4)11)6-7(2)3;1-5-11-9(10)8(4)6-7(2)3/h7,9H,5-6H2,1-4H3;7H,4-6H2,1-3H3. The summed E-state index contributed by atoms with van der Waals surface area (Å²) in [5, 5.41) is 0. The first kappa shape index (κ1) is 24.6. The molecule has 5 nitrogen and oxygen atoms in total. The molecule has 24 heavy (non-hydrogen) atoms. The molecule has 0 heterocycles. The summed E-state index contributed by atoms with van der Waals surface area (Å²) in [5.41, 5.74) is 0.571. The molecule has 0 N–H and O–H groups in total. The van der Waals surface area contributed by atoms with Crippen molar-refractivity contribution >= 4 is 17.7 Å². The lowest BCUT2D eigenvalue weighted by molar-refractivity contribution is -0.151. The minimum atomic E-state index is -0.569. The van der Waals surface area contributed by atoms with E-state index in [1.54, 1.807) is 13.8 Å². The Morgan fingerprint density at radius 1 is 0.917 bits per heavy atom. The molecule has 0 radical (unpaired) electrons. The van der Waals surface area contributed by atoms with Crippen molar-refractivity contribution in [3.63, 3.8) is 0 Å². The van der Waals surface area contributed by atoms with Crippen LogP contribution in [0.1, 0.15) is 61.3 Å². The molecule has 0 aromatic rings. The number of hydrogen-bond donors (Lipinski definition) is 0. The average Bonchev–Trinajstić information content (AvgIpc) is 2.44. The van der Waals surface area contributed by atoms with Crippen LogP contribution in [-0.2, 0) is 23.9 Å². The number of esters is 2. The van der Waals surface area contributed by atoms with Crippen molar-refractivity contribution in [2.45, 2.75) is 61.3 Å². The van der Waals surface area contributed by atoms with E-state index in [4.69, 9.17) is 9.47 Å². The van der Waals surface area contributed by atoms with E-state index in [1.807, 2.05) is 27.7 Å². The van der Waals surface area contributed by atoms with Crippen LogP contribution < -0.4 is 0 Å². The number of carbonyl (C=O) groups is 3. The molecule has 0 aliphatic carbocycles. The third-order valence-electron chi connectivity index (χ3n) is 2.99. The van der Waals surface area contributed by atoms with Crippen LogP contribution in [0.4, 0.5) is 0 Å². The van der Waals surface area contributed by atoms with Gasteiger partial charge in [-0.1, -0.05) is 34.3 Å². The molecular formula is C19H34O5. The van der Waals surface area contributed by atoms with E-state index in [0.29, 0.717) is 37.0 Å². The van der Waals surface area contributed by atoms with Crippen LogP contribution in [0.2, 0.25) is 0 Å². The van der Waals surface area contributed by atoms with Crippen LogP contribution in [0.5, 0.6) is 0 Å². The van der Waals surface area contributed by atoms with Crippen molar-refractivity contribution in [1.82, 2.24) is 0 Å². The van der Waals surface area contributed by atoms with Crippen LogP contribution in [0.15, 0.2) is 12.2 Å². The van der Waals surface area contributed by atoms with Gasteiger partial charge in [-0.25, -0.2) is 4.79 Å². The Labute approximate surface area is 146 Å². The first-order valence-corrected chi connectivity index (χ1v) is 8.58. The highest BCUT2D eigenvalue weighted by Gasteiger charge is 2.25. The molecule has 0 saturated carbocycles. The molecule has 0 aromatic carbocycles. The highest BCUT2D eigenvalue weighted by molar-refractivity contribution is 5.97. The van der Waals surface area contributed by atoms with Gasteiger partial charge < -0.3 is 9.47 Å². The second-order valence-electron chi connectivity index (χ2n) is 6.47. The highest BCUT2D eigenvalue weighted by atomic mass is 16.5. The van der Waals surface area contributed by atoms with Gasteiger partial charge in [-0.15, -0.1) is 0 Å². The quantitative estimate of drug-likeness (QED) is 0.360. The Balaban J connectivity index is 0. The molecule has 140 valence electrons. The molecule has 0 saturated heterocycles.